The largest absolute Gasteiger partial charge is 0.279 e. The number of fused-ring (bicyclic) bond motifs is 1. The molecule has 0 N–H and O–H groups in total. The van der Waals surface area contributed by atoms with Gasteiger partial charge < -0.3 is 0 Å². The van der Waals surface area contributed by atoms with Crippen molar-refractivity contribution in [3.05, 3.63) is 40.5 Å². The van der Waals surface area contributed by atoms with Gasteiger partial charge >= 0.3 is 0 Å². The highest BCUT2D eigenvalue weighted by molar-refractivity contribution is 7.08. The van der Waals surface area contributed by atoms with Crippen LogP contribution in [0.25, 0.3) is 16.9 Å². The number of nitrogens with zero attached hydrogens (tertiary/aromatic N) is 3. The summed E-state index contributed by atoms with van der Waals surface area (Å²) in [4.78, 5) is 9.16. The molecule has 0 aliphatic rings. The van der Waals surface area contributed by atoms with Gasteiger partial charge in [-0.2, -0.15) is 11.3 Å². The zero-order chi connectivity index (χ0) is 12.7. The van der Waals surface area contributed by atoms with Gasteiger partial charge in [-0.25, -0.2) is 9.97 Å². The number of hydrogen-bond acceptors (Lipinski definition) is 3. The molecular formula is C13H12ClN3S. The summed E-state index contributed by atoms with van der Waals surface area (Å²) < 4.78 is 2.04. The first-order valence-electron chi connectivity index (χ1n) is 5.69. The number of halogens is 1. The maximum absolute atomic E-state index is 6.23. The smallest absolute Gasteiger partial charge is 0.164 e. The summed E-state index contributed by atoms with van der Waals surface area (Å²) in [7, 11) is 0. The van der Waals surface area contributed by atoms with Crippen LogP contribution >= 0.6 is 22.9 Å². The molecule has 1 atom stereocenters. The van der Waals surface area contributed by atoms with Crippen LogP contribution in [-0.2, 0) is 0 Å². The van der Waals surface area contributed by atoms with Gasteiger partial charge in [0.05, 0.1) is 11.1 Å². The first-order chi connectivity index (χ1) is 8.66. The van der Waals surface area contributed by atoms with E-state index in [9.17, 15) is 0 Å². The zero-order valence-electron chi connectivity index (χ0n) is 10.1. The van der Waals surface area contributed by atoms with Crippen LogP contribution in [0.15, 0.2) is 29.0 Å². The SMILES string of the molecule is Cc1ccc2nc(C(C)Cl)n(-c3ccsc3)c2n1. The molecule has 0 radical (unpaired) electrons. The van der Waals surface area contributed by atoms with Crippen molar-refractivity contribution in [1.29, 1.82) is 0 Å². The molecule has 0 aliphatic heterocycles. The van der Waals surface area contributed by atoms with Crippen LogP contribution in [0.2, 0.25) is 0 Å². The minimum Gasteiger partial charge on any atom is -0.279 e. The summed E-state index contributed by atoms with van der Waals surface area (Å²) >= 11 is 7.88. The van der Waals surface area contributed by atoms with Gasteiger partial charge in [0.2, 0.25) is 0 Å². The second kappa shape index (κ2) is 4.37. The van der Waals surface area contributed by atoms with Crippen molar-refractivity contribution in [2.45, 2.75) is 19.2 Å². The minimum absolute atomic E-state index is 0.153. The molecular weight excluding hydrogens is 266 g/mol. The van der Waals surface area contributed by atoms with Gasteiger partial charge in [0.1, 0.15) is 11.3 Å². The molecule has 3 aromatic heterocycles. The molecule has 3 heterocycles. The van der Waals surface area contributed by atoms with E-state index in [1.54, 1.807) is 11.3 Å². The number of pyridine rings is 1. The lowest BCUT2D eigenvalue weighted by molar-refractivity contribution is 0.878. The molecule has 1 unspecified atom stereocenters. The van der Waals surface area contributed by atoms with Crippen molar-refractivity contribution in [1.82, 2.24) is 14.5 Å². The van der Waals surface area contributed by atoms with Crippen LogP contribution in [0.4, 0.5) is 0 Å². The predicted molar refractivity (Wildman–Crippen MR) is 75.7 cm³/mol. The molecule has 18 heavy (non-hydrogen) atoms. The Morgan fingerprint density at radius 2 is 2.11 bits per heavy atom. The molecule has 3 nitrogen and oxygen atoms in total. The Labute approximate surface area is 114 Å². The maximum Gasteiger partial charge on any atom is 0.164 e. The first kappa shape index (κ1) is 11.7. The van der Waals surface area contributed by atoms with E-state index < -0.39 is 0 Å². The first-order valence-corrected chi connectivity index (χ1v) is 7.07. The van der Waals surface area contributed by atoms with Gasteiger partial charge in [-0.3, -0.25) is 4.57 Å². The fourth-order valence-corrected chi connectivity index (χ4v) is 2.74. The molecule has 0 aromatic carbocycles. The van der Waals surface area contributed by atoms with E-state index in [1.807, 2.05) is 35.9 Å². The molecule has 0 spiro atoms. The second-order valence-corrected chi connectivity index (χ2v) is 5.63. The van der Waals surface area contributed by atoms with E-state index in [0.29, 0.717) is 0 Å². The van der Waals surface area contributed by atoms with Crippen molar-refractivity contribution < 1.29 is 0 Å². The fourth-order valence-electron chi connectivity index (χ4n) is 1.98. The third-order valence-corrected chi connectivity index (χ3v) is 3.66. The summed E-state index contributed by atoms with van der Waals surface area (Å²) in [6, 6.07) is 6.01. The van der Waals surface area contributed by atoms with Crippen molar-refractivity contribution in [2.75, 3.05) is 0 Å². The lowest BCUT2D eigenvalue weighted by Crippen LogP contribution is -2.01. The average molecular weight is 278 g/mol. The number of alkyl halides is 1. The van der Waals surface area contributed by atoms with Crippen LogP contribution in [0.1, 0.15) is 23.8 Å². The van der Waals surface area contributed by atoms with E-state index in [2.05, 4.69) is 21.4 Å². The highest BCUT2D eigenvalue weighted by atomic mass is 35.5. The number of aromatic nitrogens is 3. The molecule has 3 rings (SSSR count). The lowest BCUT2D eigenvalue weighted by atomic mass is 10.3. The van der Waals surface area contributed by atoms with Crippen molar-refractivity contribution in [2.24, 2.45) is 0 Å². The fraction of sp³-hybridized carbons (Fsp3) is 0.231. The van der Waals surface area contributed by atoms with Crippen LogP contribution < -0.4 is 0 Å². The molecule has 0 fully saturated rings. The molecule has 0 aliphatic carbocycles. The summed E-state index contributed by atoms with van der Waals surface area (Å²) in [6.45, 7) is 3.91. The molecule has 92 valence electrons. The molecule has 0 amide bonds. The zero-order valence-corrected chi connectivity index (χ0v) is 11.7. The Morgan fingerprint density at radius 1 is 1.28 bits per heavy atom. The molecule has 0 bridgehead atoms. The quantitative estimate of drug-likeness (QED) is 0.661. The van der Waals surface area contributed by atoms with Gasteiger partial charge in [0.25, 0.3) is 0 Å². The Kier molecular flexibility index (Phi) is 2.84. The number of hydrogen-bond donors (Lipinski definition) is 0. The molecule has 5 heteroatoms. The van der Waals surface area contributed by atoms with Crippen LogP contribution in [0.5, 0.6) is 0 Å². The number of rotatable bonds is 2. The van der Waals surface area contributed by atoms with Crippen molar-refractivity contribution >= 4 is 34.1 Å². The number of thiophene rings is 1. The van der Waals surface area contributed by atoms with Crippen LogP contribution in [0.3, 0.4) is 0 Å². The van der Waals surface area contributed by atoms with E-state index in [-0.39, 0.29) is 5.38 Å². The Balaban J connectivity index is 2.37. The summed E-state index contributed by atoms with van der Waals surface area (Å²) in [5, 5.41) is 3.97. The van der Waals surface area contributed by atoms with E-state index >= 15 is 0 Å². The Hall–Kier alpha value is -1.39. The number of imidazole rings is 1. The third kappa shape index (κ3) is 1.82. The van der Waals surface area contributed by atoms with Gasteiger partial charge in [-0.05, 0) is 37.4 Å². The molecule has 0 saturated heterocycles. The number of aryl methyl sites for hydroxylation is 1. The minimum atomic E-state index is -0.153. The predicted octanol–water partition coefficient (Wildman–Crippen LogP) is 4.09. The van der Waals surface area contributed by atoms with Crippen LogP contribution in [0, 0.1) is 6.92 Å². The standard InChI is InChI=1S/C13H12ClN3S/c1-8-3-4-11-13(15-8)17(10-5-6-18-7-10)12(16-11)9(2)14/h3-7,9H,1-2H3. The van der Waals surface area contributed by atoms with Crippen molar-refractivity contribution in [3.63, 3.8) is 0 Å². The molecule has 3 aromatic rings. The summed E-state index contributed by atoms with van der Waals surface area (Å²) in [5.74, 6) is 0.836. The highest BCUT2D eigenvalue weighted by Gasteiger charge is 2.17. The second-order valence-electron chi connectivity index (χ2n) is 4.20. The van der Waals surface area contributed by atoms with Crippen LogP contribution in [-0.4, -0.2) is 14.5 Å². The van der Waals surface area contributed by atoms with E-state index in [1.165, 1.54) is 0 Å². The average Bonchev–Trinajstić information content (AvgIpc) is 2.93. The van der Waals surface area contributed by atoms with Crippen molar-refractivity contribution in [3.8, 4) is 5.69 Å². The van der Waals surface area contributed by atoms with Gasteiger partial charge in [0.15, 0.2) is 5.65 Å². The molecule has 0 saturated carbocycles. The Bertz CT molecular complexity index is 686. The van der Waals surface area contributed by atoms with Gasteiger partial charge in [-0.15, -0.1) is 11.6 Å². The maximum atomic E-state index is 6.23. The monoisotopic (exact) mass is 277 g/mol. The lowest BCUT2D eigenvalue weighted by Gasteiger charge is -2.07. The normalized spacial score (nSPS) is 13.1. The Morgan fingerprint density at radius 3 is 2.78 bits per heavy atom. The summed E-state index contributed by atoms with van der Waals surface area (Å²) in [5.41, 5.74) is 3.81. The van der Waals surface area contributed by atoms with E-state index in [0.717, 1.165) is 28.4 Å². The van der Waals surface area contributed by atoms with E-state index in [4.69, 9.17) is 11.6 Å². The van der Waals surface area contributed by atoms with Gasteiger partial charge in [0, 0.05) is 11.1 Å². The van der Waals surface area contributed by atoms with Gasteiger partial charge in [-0.1, -0.05) is 0 Å². The highest BCUT2D eigenvalue weighted by Crippen LogP contribution is 2.28. The third-order valence-electron chi connectivity index (χ3n) is 2.79. The topological polar surface area (TPSA) is 30.7 Å². The summed E-state index contributed by atoms with van der Waals surface area (Å²) in [6.07, 6.45) is 0.